The summed E-state index contributed by atoms with van der Waals surface area (Å²) in [5.74, 6) is -0.0193. The molecule has 0 radical (unpaired) electrons. The van der Waals surface area contributed by atoms with Crippen LogP contribution in [0.15, 0.2) is 42.5 Å². The van der Waals surface area contributed by atoms with E-state index in [2.05, 4.69) is 25.2 Å². The van der Waals surface area contributed by atoms with Crippen molar-refractivity contribution in [3.05, 3.63) is 64.7 Å². The largest absolute Gasteiger partial charge is 0.326 e. The zero-order chi connectivity index (χ0) is 14.5. The number of carbonyl (C=O) groups excluding carboxylic acids is 1. The van der Waals surface area contributed by atoms with Gasteiger partial charge in [-0.25, -0.2) is 0 Å². The maximum atomic E-state index is 12.1. The minimum atomic E-state index is -0.0193. The molecule has 3 N–H and O–H groups in total. The molecule has 0 bridgehead atoms. The summed E-state index contributed by atoms with van der Waals surface area (Å²) in [4.78, 5) is 12.1. The number of anilines is 1. The van der Waals surface area contributed by atoms with Crippen LogP contribution in [0.5, 0.6) is 0 Å². The van der Waals surface area contributed by atoms with Crippen molar-refractivity contribution < 1.29 is 4.79 Å². The molecule has 0 aliphatic rings. The van der Waals surface area contributed by atoms with Gasteiger partial charge in [0.2, 0.25) is 5.91 Å². The van der Waals surface area contributed by atoms with Crippen LogP contribution >= 0.6 is 0 Å². The van der Waals surface area contributed by atoms with Gasteiger partial charge in [0.05, 0.1) is 6.42 Å². The van der Waals surface area contributed by atoms with Gasteiger partial charge in [0, 0.05) is 12.2 Å². The minimum Gasteiger partial charge on any atom is -0.326 e. The van der Waals surface area contributed by atoms with Crippen molar-refractivity contribution >= 4 is 11.6 Å². The monoisotopic (exact) mass is 268 g/mol. The van der Waals surface area contributed by atoms with Crippen LogP contribution in [-0.2, 0) is 17.8 Å². The second-order valence-corrected chi connectivity index (χ2v) is 5.00. The molecule has 0 atom stereocenters. The zero-order valence-electron chi connectivity index (χ0n) is 11.9. The van der Waals surface area contributed by atoms with Gasteiger partial charge in [-0.1, -0.05) is 36.4 Å². The molecule has 0 aliphatic heterocycles. The molecule has 104 valence electrons. The number of aryl methyl sites for hydroxylation is 2. The Balaban J connectivity index is 2.07. The molecule has 0 fully saturated rings. The number of carbonyl (C=O) groups is 1. The SMILES string of the molecule is Cc1ccc(CC(=O)Nc2ccccc2CN)cc1C. The zero-order valence-corrected chi connectivity index (χ0v) is 11.9. The number of hydrogen-bond donors (Lipinski definition) is 2. The summed E-state index contributed by atoms with van der Waals surface area (Å²) < 4.78 is 0. The van der Waals surface area contributed by atoms with E-state index < -0.39 is 0 Å². The molecule has 20 heavy (non-hydrogen) atoms. The number of para-hydroxylation sites is 1. The van der Waals surface area contributed by atoms with Crippen molar-refractivity contribution in [1.29, 1.82) is 0 Å². The number of benzene rings is 2. The Morgan fingerprint density at radius 1 is 1.10 bits per heavy atom. The molecule has 0 saturated heterocycles. The van der Waals surface area contributed by atoms with Crippen molar-refractivity contribution in [2.24, 2.45) is 5.73 Å². The molecule has 0 aromatic heterocycles. The van der Waals surface area contributed by atoms with E-state index in [1.54, 1.807) is 0 Å². The summed E-state index contributed by atoms with van der Waals surface area (Å²) in [6.45, 7) is 4.54. The predicted octanol–water partition coefficient (Wildman–Crippen LogP) is 2.94. The highest BCUT2D eigenvalue weighted by atomic mass is 16.1. The van der Waals surface area contributed by atoms with Gasteiger partial charge in [-0.2, -0.15) is 0 Å². The van der Waals surface area contributed by atoms with E-state index in [9.17, 15) is 4.79 Å². The van der Waals surface area contributed by atoms with Gasteiger partial charge in [0.25, 0.3) is 0 Å². The molecule has 2 aromatic rings. The van der Waals surface area contributed by atoms with Crippen LogP contribution in [-0.4, -0.2) is 5.91 Å². The first-order valence-electron chi connectivity index (χ1n) is 6.74. The fourth-order valence-electron chi connectivity index (χ4n) is 2.11. The van der Waals surface area contributed by atoms with Crippen molar-refractivity contribution in [1.82, 2.24) is 0 Å². The standard InChI is InChI=1S/C17H20N2O/c1-12-7-8-14(9-13(12)2)10-17(20)19-16-6-4-3-5-15(16)11-18/h3-9H,10-11,18H2,1-2H3,(H,19,20). The van der Waals surface area contributed by atoms with Gasteiger partial charge in [-0.15, -0.1) is 0 Å². The Morgan fingerprint density at radius 2 is 1.85 bits per heavy atom. The highest BCUT2D eigenvalue weighted by molar-refractivity contribution is 5.93. The highest BCUT2D eigenvalue weighted by Gasteiger charge is 2.07. The van der Waals surface area contributed by atoms with E-state index in [1.807, 2.05) is 36.4 Å². The van der Waals surface area contributed by atoms with Gasteiger partial charge >= 0.3 is 0 Å². The molecule has 0 spiro atoms. The van der Waals surface area contributed by atoms with Crippen molar-refractivity contribution in [3.63, 3.8) is 0 Å². The highest BCUT2D eigenvalue weighted by Crippen LogP contribution is 2.15. The quantitative estimate of drug-likeness (QED) is 0.895. The minimum absolute atomic E-state index is 0.0193. The summed E-state index contributed by atoms with van der Waals surface area (Å²) in [6, 6.07) is 13.7. The molecule has 1 amide bonds. The Bertz CT molecular complexity index is 620. The van der Waals surface area contributed by atoms with Crippen molar-refractivity contribution in [2.45, 2.75) is 26.8 Å². The van der Waals surface area contributed by atoms with Crippen LogP contribution in [0.3, 0.4) is 0 Å². The van der Waals surface area contributed by atoms with Crippen LogP contribution in [0.2, 0.25) is 0 Å². The average molecular weight is 268 g/mol. The third-order valence-electron chi connectivity index (χ3n) is 3.45. The number of nitrogens with one attached hydrogen (secondary N) is 1. The molecular formula is C17H20N2O. The molecule has 0 aliphatic carbocycles. The van der Waals surface area contributed by atoms with Crippen molar-refractivity contribution in [2.75, 3.05) is 5.32 Å². The van der Waals surface area contributed by atoms with E-state index in [0.717, 1.165) is 16.8 Å². The summed E-state index contributed by atoms with van der Waals surface area (Å²) in [5, 5.41) is 2.93. The van der Waals surface area contributed by atoms with E-state index in [-0.39, 0.29) is 5.91 Å². The molecule has 2 rings (SSSR count). The van der Waals surface area contributed by atoms with Gasteiger partial charge in [-0.3, -0.25) is 4.79 Å². The lowest BCUT2D eigenvalue weighted by atomic mass is 10.0. The second-order valence-electron chi connectivity index (χ2n) is 5.00. The Morgan fingerprint density at radius 3 is 2.55 bits per heavy atom. The fourth-order valence-corrected chi connectivity index (χ4v) is 2.11. The summed E-state index contributed by atoms with van der Waals surface area (Å²) in [6.07, 6.45) is 0.375. The lowest BCUT2D eigenvalue weighted by Crippen LogP contribution is -2.16. The van der Waals surface area contributed by atoms with Gasteiger partial charge in [0.1, 0.15) is 0 Å². The second kappa shape index (κ2) is 6.35. The third kappa shape index (κ3) is 3.45. The number of hydrogen-bond acceptors (Lipinski definition) is 2. The Hall–Kier alpha value is -2.13. The van der Waals surface area contributed by atoms with E-state index in [1.165, 1.54) is 11.1 Å². The fraction of sp³-hybridized carbons (Fsp3) is 0.235. The van der Waals surface area contributed by atoms with E-state index in [4.69, 9.17) is 5.73 Å². The van der Waals surface area contributed by atoms with Crippen LogP contribution in [0, 0.1) is 13.8 Å². The maximum Gasteiger partial charge on any atom is 0.228 e. The van der Waals surface area contributed by atoms with Crippen LogP contribution < -0.4 is 11.1 Å². The lowest BCUT2D eigenvalue weighted by molar-refractivity contribution is -0.115. The normalized spacial score (nSPS) is 10.3. The number of nitrogens with two attached hydrogens (primary N) is 1. The van der Waals surface area contributed by atoms with Gasteiger partial charge in [0.15, 0.2) is 0 Å². The van der Waals surface area contributed by atoms with Crippen LogP contribution in [0.25, 0.3) is 0 Å². The smallest absolute Gasteiger partial charge is 0.228 e. The molecule has 3 nitrogen and oxygen atoms in total. The Kier molecular flexibility index (Phi) is 4.53. The molecule has 0 heterocycles. The lowest BCUT2D eigenvalue weighted by Gasteiger charge is -2.10. The Labute approximate surface area is 119 Å². The van der Waals surface area contributed by atoms with E-state index in [0.29, 0.717) is 13.0 Å². The first-order valence-corrected chi connectivity index (χ1v) is 6.74. The first-order chi connectivity index (χ1) is 9.60. The topological polar surface area (TPSA) is 55.1 Å². The molecule has 3 heteroatoms. The third-order valence-corrected chi connectivity index (χ3v) is 3.45. The van der Waals surface area contributed by atoms with E-state index >= 15 is 0 Å². The number of amides is 1. The van der Waals surface area contributed by atoms with Gasteiger partial charge in [-0.05, 0) is 42.2 Å². The molecule has 0 unspecified atom stereocenters. The first kappa shape index (κ1) is 14.3. The van der Waals surface area contributed by atoms with Crippen molar-refractivity contribution in [3.8, 4) is 0 Å². The predicted molar refractivity (Wildman–Crippen MR) is 82.6 cm³/mol. The van der Waals surface area contributed by atoms with Gasteiger partial charge < -0.3 is 11.1 Å². The van der Waals surface area contributed by atoms with Crippen LogP contribution in [0.1, 0.15) is 22.3 Å². The molecule has 0 saturated carbocycles. The summed E-state index contributed by atoms with van der Waals surface area (Å²) >= 11 is 0. The maximum absolute atomic E-state index is 12.1. The summed E-state index contributed by atoms with van der Waals surface area (Å²) in [7, 11) is 0. The molecular weight excluding hydrogens is 248 g/mol. The average Bonchev–Trinajstić information content (AvgIpc) is 2.43. The van der Waals surface area contributed by atoms with Crippen LogP contribution in [0.4, 0.5) is 5.69 Å². The summed E-state index contributed by atoms with van der Waals surface area (Å²) in [5.41, 5.74) is 10.9. The molecule has 2 aromatic carbocycles. The number of rotatable bonds is 4.